The van der Waals surface area contributed by atoms with Crippen LogP contribution >= 0.6 is 11.3 Å². The van der Waals surface area contributed by atoms with Gasteiger partial charge in [-0.1, -0.05) is 0 Å². The minimum absolute atomic E-state index is 0.0183. The SMILES string of the molecule is CNC1COCC1C(=O)N1CCc2sccc2C1. The molecule has 2 aliphatic heterocycles. The zero-order chi connectivity index (χ0) is 12.5. The van der Waals surface area contributed by atoms with Gasteiger partial charge in [0, 0.05) is 24.0 Å². The molecule has 4 nitrogen and oxygen atoms in total. The van der Waals surface area contributed by atoms with Crippen molar-refractivity contribution in [2.45, 2.75) is 19.0 Å². The van der Waals surface area contributed by atoms with Crippen molar-refractivity contribution in [3.05, 3.63) is 21.9 Å². The van der Waals surface area contributed by atoms with E-state index in [-0.39, 0.29) is 17.9 Å². The van der Waals surface area contributed by atoms with E-state index >= 15 is 0 Å². The van der Waals surface area contributed by atoms with Gasteiger partial charge in [-0.3, -0.25) is 4.79 Å². The predicted octanol–water partition coefficient (Wildman–Crippen LogP) is 0.867. The first-order valence-electron chi connectivity index (χ1n) is 6.38. The number of carbonyl (C=O) groups is 1. The molecule has 1 N–H and O–H groups in total. The van der Waals surface area contributed by atoms with Gasteiger partial charge in [-0.2, -0.15) is 0 Å². The molecule has 2 atom stereocenters. The second kappa shape index (κ2) is 4.99. The maximum atomic E-state index is 12.5. The van der Waals surface area contributed by atoms with Crippen molar-refractivity contribution in [1.82, 2.24) is 10.2 Å². The minimum atomic E-state index is -0.0183. The summed E-state index contributed by atoms with van der Waals surface area (Å²) in [6.07, 6.45) is 0.997. The van der Waals surface area contributed by atoms with E-state index < -0.39 is 0 Å². The first-order chi connectivity index (χ1) is 8.79. The lowest BCUT2D eigenvalue weighted by Gasteiger charge is -2.30. The molecule has 0 bridgehead atoms. The molecule has 0 saturated carbocycles. The van der Waals surface area contributed by atoms with Crippen LogP contribution in [-0.4, -0.2) is 43.7 Å². The first kappa shape index (κ1) is 12.1. The highest BCUT2D eigenvalue weighted by molar-refractivity contribution is 7.10. The number of thiophene rings is 1. The first-order valence-corrected chi connectivity index (χ1v) is 7.26. The van der Waals surface area contributed by atoms with Crippen molar-refractivity contribution in [3.63, 3.8) is 0 Å². The van der Waals surface area contributed by atoms with Gasteiger partial charge in [0.05, 0.1) is 19.1 Å². The van der Waals surface area contributed by atoms with Crippen LogP contribution in [-0.2, 0) is 22.5 Å². The van der Waals surface area contributed by atoms with Gasteiger partial charge in [0.25, 0.3) is 0 Å². The highest BCUT2D eigenvalue weighted by Crippen LogP contribution is 2.26. The number of carbonyl (C=O) groups excluding carboxylic acids is 1. The molecule has 0 aromatic carbocycles. The smallest absolute Gasteiger partial charge is 0.229 e. The molecule has 1 aromatic heterocycles. The third-order valence-electron chi connectivity index (χ3n) is 3.89. The summed E-state index contributed by atoms with van der Waals surface area (Å²) in [7, 11) is 1.90. The zero-order valence-corrected chi connectivity index (χ0v) is 11.3. The molecular formula is C13H18N2O2S. The molecule has 0 aliphatic carbocycles. The van der Waals surface area contributed by atoms with Crippen LogP contribution in [0.2, 0.25) is 0 Å². The van der Waals surface area contributed by atoms with Crippen LogP contribution in [0.4, 0.5) is 0 Å². The fourth-order valence-corrected chi connectivity index (χ4v) is 3.64. The van der Waals surface area contributed by atoms with E-state index in [0.717, 1.165) is 19.5 Å². The summed E-state index contributed by atoms with van der Waals surface area (Å²) in [6.45, 7) is 2.81. The molecule has 1 fully saturated rings. The van der Waals surface area contributed by atoms with Crippen LogP contribution in [0, 0.1) is 5.92 Å². The minimum Gasteiger partial charge on any atom is -0.379 e. The largest absolute Gasteiger partial charge is 0.379 e. The van der Waals surface area contributed by atoms with Crippen molar-refractivity contribution < 1.29 is 9.53 Å². The number of fused-ring (bicyclic) bond motifs is 1. The highest BCUT2D eigenvalue weighted by Gasteiger charge is 2.36. The molecule has 1 aromatic rings. The quantitative estimate of drug-likeness (QED) is 0.863. The fraction of sp³-hybridized carbons (Fsp3) is 0.615. The van der Waals surface area contributed by atoms with Gasteiger partial charge in [-0.25, -0.2) is 0 Å². The fourth-order valence-electron chi connectivity index (χ4n) is 2.75. The monoisotopic (exact) mass is 266 g/mol. The lowest BCUT2D eigenvalue weighted by atomic mass is 10.00. The molecule has 5 heteroatoms. The number of rotatable bonds is 2. The van der Waals surface area contributed by atoms with Crippen molar-refractivity contribution >= 4 is 17.2 Å². The van der Waals surface area contributed by atoms with E-state index in [0.29, 0.717) is 13.2 Å². The van der Waals surface area contributed by atoms with Crippen LogP contribution in [0.15, 0.2) is 11.4 Å². The summed E-state index contributed by atoms with van der Waals surface area (Å²) in [4.78, 5) is 15.9. The topological polar surface area (TPSA) is 41.6 Å². The average molecular weight is 266 g/mol. The molecular weight excluding hydrogens is 248 g/mol. The zero-order valence-electron chi connectivity index (χ0n) is 10.5. The number of hydrogen-bond donors (Lipinski definition) is 1. The van der Waals surface area contributed by atoms with Gasteiger partial charge in [-0.05, 0) is 30.5 Å². The lowest BCUT2D eigenvalue weighted by molar-refractivity contribution is -0.136. The Morgan fingerprint density at radius 2 is 2.44 bits per heavy atom. The van der Waals surface area contributed by atoms with Crippen molar-refractivity contribution in [2.75, 3.05) is 26.8 Å². The van der Waals surface area contributed by atoms with E-state index in [1.807, 2.05) is 11.9 Å². The normalized spacial score (nSPS) is 27.3. The molecule has 0 spiro atoms. The third-order valence-corrected chi connectivity index (χ3v) is 4.91. The highest BCUT2D eigenvalue weighted by atomic mass is 32.1. The van der Waals surface area contributed by atoms with Crippen molar-refractivity contribution in [3.8, 4) is 0 Å². The van der Waals surface area contributed by atoms with Gasteiger partial charge in [-0.15, -0.1) is 11.3 Å². The van der Waals surface area contributed by atoms with Gasteiger partial charge in [0.1, 0.15) is 0 Å². The molecule has 3 heterocycles. The molecule has 2 aliphatic rings. The predicted molar refractivity (Wildman–Crippen MR) is 70.6 cm³/mol. The van der Waals surface area contributed by atoms with Gasteiger partial charge >= 0.3 is 0 Å². The summed E-state index contributed by atoms with van der Waals surface area (Å²) in [6, 6.07) is 2.31. The molecule has 3 rings (SSSR count). The van der Waals surface area contributed by atoms with Crippen molar-refractivity contribution in [2.24, 2.45) is 5.92 Å². The average Bonchev–Trinajstić information content (AvgIpc) is 3.05. The number of ether oxygens (including phenoxy) is 1. The van der Waals surface area contributed by atoms with Crippen LogP contribution in [0.5, 0.6) is 0 Å². The summed E-state index contributed by atoms with van der Waals surface area (Å²) in [5.74, 6) is 0.221. The van der Waals surface area contributed by atoms with Crippen LogP contribution in [0.25, 0.3) is 0 Å². The third kappa shape index (κ3) is 2.06. The van der Waals surface area contributed by atoms with Crippen LogP contribution in [0.3, 0.4) is 0 Å². The molecule has 2 unspecified atom stereocenters. The van der Waals surface area contributed by atoms with Crippen molar-refractivity contribution in [1.29, 1.82) is 0 Å². The van der Waals surface area contributed by atoms with Crippen LogP contribution < -0.4 is 5.32 Å². The van der Waals surface area contributed by atoms with E-state index in [2.05, 4.69) is 16.8 Å². The van der Waals surface area contributed by atoms with Crippen LogP contribution in [0.1, 0.15) is 10.4 Å². The molecule has 1 saturated heterocycles. The maximum absolute atomic E-state index is 12.5. The summed E-state index contributed by atoms with van der Waals surface area (Å²) in [5, 5.41) is 5.30. The summed E-state index contributed by atoms with van der Waals surface area (Å²) < 4.78 is 5.42. The van der Waals surface area contributed by atoms with E-state index in [9.17, 15) is 4.79 Å². The standard InChI is InChI=1S/C13H18N2O2S/c1-14-11-8-17-7-10(11)13(16)15-4-2-12-9(6-15)3-5-18-12/h3,5,10-11,14H,2,4,6-8H2,1H3. The Bertz CT molecular complexity index is 446. The Balaban J connectivity index is 1.71. The van der Waals surface area contributed by atoms with Gasteiger partial charge in [0.15, 0.2) is 0 Å². The molecule has 18 heavy (non-hydrogen) atoms. The molecule has 0 radical (unpaired) electrons. The van der Waals surface area contributed by atoms with Gasteiger partial charge < -0.3 is 15.0 Å². The second-order valence-corrected chi connectivity index (χ2v) is 5.92. The number of nitrogens with one attached hydrogen (secondary N) is 1. The second-order valence-electron chi connectivity index (χ2n) is 4.92. The number of amides is 1. The van der Waals surface area contributed by atoms with E-state index in [4.69, 9.17) is 4.74 Å². The van der Waals surface area contributed by atoms with E-state index in [1.165, 1.54) is 10.4 Å². The number of nitrogens with zero attached hydrogens (tertiary/aromatic N) is 1. The Labute approximate surface area is 111 Å². The summed E-state index contributed by atoms with van der Waals surface area (Å²) >= 11 is 1.80. The Morgan fingerprint density at radius 3 is 3.28 bits per heavy atom. The lowest BCUT2D eigenvalue weighted by Crippen LogP contribution is -2.46. The molecule has 1 amide bonds. The number of likely N-dealkylation sites (N-methyl/N-ethyl adjacent to an activating group) is 1. The van der Waals surface area contributed by atoms with Gasteiger partial charge in [0.2, 0.25) is 5.91 Å². The summed E-state index contributed by atoms with van der Waals surface area (Å²) in [5.41, 5.74) is 1.32. The Hall–Kier alpha value is -0.910. The maximum Gasteiger partial charge on any atom is 0.229 e. The Kier molecular flexibility index (Phi) is 3.37. The molecule has 98 valence electrons. The van der Waals surface area contributed by atoms with E-state index in [1.54, 1.807) is 11.3 Å². The Morgan fingerprint density at radius 1 is 1.56 bits per heavy atom. The number of hydrogen-bond acceptors (Lipinski definition) is 4.